The smallest absolute Gasteiger partial charge is 0.135 e. The lowest BCUT2D eigenvalue weighted by Gasteiger charge is -2.23. The van der Waals surface area contributed by atoms with Gasteiger partial charge in [-0.2, -0.15) is 0 Å². The summed E-state index contributed by atoms with van der Waals surface area (Å²) >= 11 is 1.90. The Hall–Kier alpha value is -5.64. The summed E-state index contributed by atoms with van der Waals surface area (Å²) in [6, 6.07) is 51.4. The van der Waals surface area contributed by atoms with Crippen LogP contribution in [0.15, 0.2) is 144 Å². The van der Waals surface area contributed by atoms with Gasteiger partial charge < -0.3 is 8.98 Å². The van der Waals surface area contributed by atoms with E-state index in [0.29, 0.717) is 0 Å². The Labute approximate surface area is 281 Å². The van der Waals surface area contributed by atoms with E-state index in [1.54, 1.807) is 0 Å². The van der Waals surface area contributed by atoms with Gasteiger partial charge >= 0.3 is 0 Å². The molecule has 0 saturated heterocycles. The molecule has 226 valence electrons. The van der Waals surface area contributed by atoms with Crippen LogP contribution in [0.4, 0.5) is 0 Å². The van der Waals surface area contributed by atoms with Crippen LogP contribution in [0.25, 0.3) is 91.9 Å². The Balaban J connectivity index is 1.09. The van der Waals surface area contributed by atoms with Gasteiger partial charge in [0.05, 0.1) is 15.7 Å². The molecule has 0 atom stereocenters. The molecule has 0 aliphatic heterocycles. The maximum Gasteiger partial charge on any atom is 0.135 e. The molecule has 0 amide bonds. The van der Waals surface area contributed by atoms with Gasteiger partial charge in [0.1, 0.15) is 11.2 Å². The molecule has 48 heavy (non-hydrogen) atoms. The molecule has 0 unspecified atom stereocenters. The monoisotopic (exact) mass is 631 g/mol. The molecule has 0 N–H and O–H groups in total. The van der Waals surface area contributed by atoms with Gasteiger partial charge in [0.2, 0.25) is 0 Å². The molecule has 0 bridgehead atoms. The third-order valence-electron chi connectivity index (χ3n) is 10.8. The number of aromatic nitrogens is 1. The van der Waals surface area contributed by atoms with Gasteiger partial charge in [0.15, 0.2) is 0 Å². The topological polar surface area (TPSA) is 18.1 Å². The number of hydrogen-bond acceptors (Lipinski definition) is 2. The van der Waals surface area contributed by atoms with E-state index >= 15 is 0 Å². The van der Waals surface area contributed by atoms with Crippen LogP contribution in [-0.4, -0.2) is 4.57 Å². The Kier molecular flexibility index (Phi) is 5.09. The van der Waals surface area contributed by atoms with Crippen molar-refractivity contribution in [2.24, 2.45) is 0 Å². The first-order chi connectivity index (χ1) is 23.5. The zero-order chi connectivity index (χ0) is 31.7. The van der Waals surface area contributed by atoms with E-state index in [0.717, 1.165) is 21.9 Å². The standard InChI is InChI=1S/C45H29NOS/c1-45(2)37-24-27(26-16-22-41-36(23-26)32-10-4-7-13-40(32)47-41)15-18-29(37)30-19-17-28(25-38(30)45)46-39-12-6-3-9-31(39)34-20-21-35-33-11-5-8-14-42(33)48-44(35)43(34)46/h3-25H,1-2H3. The summed E-state index contributed by atoms with van der Waals surface area (Å²) in [4.78, 5) is 0. The molecule has 0 saturated carbocycles. The maximum atomic E-state index is 6.13. The lowest BCUT2D eigenvalue weighted by molar-refractivity contribution is 0.660. The summed E-state index contributed by atoms with van der Waals surface area (Å²) in [6.45, 7) is 4.77. The summed E-state index contributed by atoms with van der Waals surface area (Å²) < 4.78 is 11.3. The van der Waals surface area contributed by atoms with Crippen LogP contribution in [0.5, 0.6) is 0 Å². The molecule has 0 spiro atoms. The van der Waals surface area contributed by atoms with E-state index in [-0.39, 0.29) is 5.41 Å². The highest BCUT2D eigenvalue weighted by Crippen LogP contribution is 2.51. The third-order valence-corrected chi connectivity index (χ3v) is 12.0. The van der Waals surface area contributed by atoms with Crippen LogP contribution in [0.3, 0.4) is 0 Å². The second-order valence-electron chi connectivity index (χ2n) is 13.7. The molecule has 1 aliphatic rings. The van der Waals surface area contributed by atoms with E-state index in [1.165, 1.54) is 81.0 Å². The van der Waals surface area contributed by atoms with Crippen molar-refractivity contribution in [3.8, 4) is 27.9 Å². The van der Waals surface area contributed by atoms with E-state index in [9.17, 15) is 0 Å². The van der Waals surface area contributed by atoms with E-state index in [2.05, 4.69) is 146 Å². The molecule has 3 heterocycles. The van der Waals surface area contributed by atoms with Crippen molar-refractivity contribution in [3.05, 3.63) is 151 Å². The van der Waals surface area contributed by atoms with Crippen molar-refractivity contribution in [2.45, 2.75) is 19.3 Å². The Morgan fingerprint density at radius 3 is 2.08 bits per heavy atom. The zero-order valence-corrected chi connectivity index (χ0v) is 27.4. The van der Waals surface area contributed by atoms with Gasteiger partial charge in [0.25, 0.3) is 0 Å². The number of hydrogen-bond donors (Lipinski definition) is 0. The largest absolute Gasteiger partial charge is 0.456 e. The number of thiophene rings is 1. The zero-order valence-electron chi connectivity index (χ0n) is 26.5. The highest BCUT2D eigenvalue weighted by Gasteiger charge is 2.36. The Morgan fingerprint density at radius 1 is 0.521 bits per heavy atom. The van der Waals surface area contributed by atoms with Gasteiger partial charge in [-0.1, -0.05) is 105 Å². The minimum Gasteiger partial charge on any atom is -0.456 e. The van der Waals surface area contributed by atoms with Gasteiger partial charge in [0, 0.05) is 48.1 Å². The number of nitrogens with zero attached hydrogens (tertiary/aromatic N) is 1. The fraction of sp³-hybridized carbons (Fsp3) is 0.0667. The second kappa shape index (κ2) is 9.25. The molecule has 0 radical (unpaired) electrons. The minimum atomic E-state index is -0.158. The Bertz CT molecular complexity index is 2990. The number of rotatable bonds is 2. The molecule has 1 aliphatic carbocycles. The normalized spacial score (nSPS) is 13.8. The molecular formula is C45H29NOS. The number of fused-ring (bicyclic) bond motifs is 13. The predicted molar refractivity (Wildman–Crippen MR) is 204 cm³/mol. The molecule has 0 fully saturated rings. The molecule has 2 nitrogen and oxygen atoms in total. The van der Waals surface area contributed by atoms with Crippen molar-refractivity contribution in [3.63, 3.8) is 0 Å². The van der Waals surface area contributed by atoms with Crippen LogP contribution >= 0.6 is 11.3 Å². The maximum absolute atomic E-state index is 6.13. The summed E-state index contributed by atoms with van der Waals surface area (Å²) in [5, 5.41) is 7.58. The van der Waals surface area contributed by atoms with Gasteiger partial charge in [-0.25, -0.2) is 0 Å². The summed E-state index contributed by atoms with van der Waals surface area (Å²) in [7, 11) is 0. The summed E-state index contributed by atoms with van der Waals surface area (Å²) in [6.07, 6.45) is 0. The fourth-order valence-electron chi connectivity index (χ4n) is 8.45. The average molecular weight is 632 g/mol. The lowest BCUT2D eigenvalue weighted by Crippen LogP contribution is -2.15. The van der Waals surface area contributed by atoms with Crippen LogP contribution in [0.2, 0.25) is 0 Å². The van der Waals surface area contributed by atoms with Gasteiger partial charge in [-0.3, -0.25) is 0 Å². The first-order valence-electron chi connectivity index (χ1n) is 16.6. The van der Waals surface area contributed by atoms with E-state index < -0.39 is 0 Å². The van der Waals surface area contributed by atoms with E-state index in [4.69, 9.17) is 4.42 Å². The van der Waals surface area contributed by atoms with Crippen LogP contribution in [-0.2, 0) is 5.41 Å². The van der Waals surface area contributed by atoms with Crippen molar-refractivity contribution in [1.29, 1.82) is 0 Å². The molecule has 10 aromatic rings. The van der Waals surface area contributed by atoms with Crippen LogP contribution in [0.1, 0.15) is 25.0 Å². The second-order valence-corrected chi connectivity index (χ2v) is 14.8. The van der Waals surface area contributed by atoms with Crippen molar-refractivity contribution < 1.29 is 4.42 Å². The lowest BCUT2D eigenvalue weighted by atomic mass is 9.81. The SMILES string of the molecule is CC1(C)c2cc(-c3ccc4oc5ccccc5c4c3)ccc2-c2ccc(-n3c4ccccc4c4ccc5c6ccccc6sc5c43)cc21. The Morgan fingerprint density at radius 2 is 1.19 bits per heavy atom. The third kappa shape index (κ3) is 3.41. The number of para-hydroxylation sites is 2. The van der Waals surface area contributed by atoms with E-state index in [1.807, 2.05) is 23.5 Å². The summed E-state index contributed by atoms with van der Waals surface area (Å²) in [5.74, 6) is 0. The number of benzene rings is 7. The van der Waals surface area contributed by atoms with Gasteiger partial charge in [-0.15, -0.1) is 11.3 Å². The molecule has 7 aromatic carbocycles. The minimum absolute atomic E-state index is 0.158. The average Bonchev–Trinajstić information content (AvgIpc) is 3.85. The molecule has 3 aromatic heterocycles. The molecular weight excluding hydrogens is 603 g/mol. The van der Waals surface area contributed by atoms with Crippen molar-refractivity contribution >= 4 is 75.3 Å². The van der Waals surface area contributed by atoms with Crippen molar-refractivity contribution in [2.75, 3.05) is 0 Å². The van der Waals surface area contributed by atoms with Gasteiger partial charge in [-0.05, 0) is 81.9 Å². The van der Waals surface area contributed by atoms with Crippen LogP contribution < -0.4 is 0 Å². The van der Waals surface area contributed by atoms with Crippen LogP contribution in [0, 0.1) is 0 Å². The quantitative estimate of drug-likeness (QED) is 0.186. The predicted octanol–water partition coefficient (Wildman–Crippen LogP) is 13.0. The highest BCUT2D eigenvalue weighted by molar-refractivity contribution is 7.26. The highest BCUT2D eigenvalue weighted by atomic mass is 32.1. The first-order valence-corrected chi connectivity index (χ1v) is 17.4. The molecule has 3 heteroatoms. The first kappa shape index (κ1) is 26.4. The number of furan rings is 1. The molecule has 11 rings (SSSR count). The summed E-state index contributed by atoms with van der Waals surface area (Å²) in [5.41, 5.74) is 13.3. The van der Waals surface area contributed by atoms with Crippen molar-refractivity contribution in [1.82, 2.24) is 4.57 Å². The fourth-order valence-corrected chi connectivity index (χ4v) is 9.69.